The number of nitrogens with one attached hydrogen (secondary N) is 2. The number of ketones is 1. The summed E-state index contributed by atoms with van der Waals surface area (Å²) in [6.07, 6.45) is 2.42. The van der Waals surface area contributed by atoms with E-state index in [-0.39, 0.29) is 36.5 Å². The van der Waals surface area contributed by atoms with Crippen LogP contribution in [0.5, 0.6) is 0 Å². The van der Waals surface area contributed by atoms with Crippen LogP contribution >= 0.6 is 11.8 Å². The van der Waals surface area contributed by atoms with Crippen molar-refractivity contribution in [3.8, 4) is 0 Å². The van der Waals surface area contributed by atoms with E-state index in [1.54, 1.807) is 18.8 Å². The Bertz CT molecular complexity index is 308. The van der Waals surface area contributed by atoms with Gasteiger partial charge in [0, 0.05) is 26.1 Å². The minimum Gasteiger partial charge on any atom is -0.359 e. The molecule has 1 unspecified atom stereocenters. The highest BCUT2D eigenvalue weighted by atomic mass is 32.2. The van der Waals surface area contributed by atoms with Gasteiger partial charge in [-0.05, 0) is 12.2 Å². The number of thioether (sulfide) groups is 1. The second-order valence-corrected chi connectivity index (χ2v) is 5.54. The molecule has 6 heteroatoms. The molecule has 2 N–H and O–H groups in total. The molecular weight excluding hydrogens is 264 g/mol. The van der Waals surface area contributed by atoms with Crippen LogP contribution in [-0.4, -0.2) is 42.7 Å². The zero-order valence-electron chi connectivity index (χ0n) is 12.0. The van der Waals surface area contributed by atoms with Crippen molar-refractivity contribution in [3.05, 3.63) is 0 Å². The molecule has 0 saturated heterocycles. The minimum atomic E-state index is -0.312. The average Bonchev–Trinajstić information content (AvgIpc) is 2.39. The van der Waals surface area contributed by atoms with E-state index < -0.39 is 0 Å². The lowest BCUT2D eigenvalue weighted by Crippen LogP contribution is -2.34. The molecular formula is C13H24N2O3S. The first kappa shape index (κ1) is 18.0. The molecule has 0 aliphatic carbocycles. The first-order chi connectivity index (χ1) is 9.01. The fourth-order valence-electron chi connectivity index (χ4n) is 1.47. The van der Waals surface area contributed by atoms with E-state index in [0.717, 1.165) is 18.6 Å². The Balaban J connectivity index is 4.15. The van der Waals surface area contributed by atoms with Crippen molar-refractivity contribution in [2.45, 2.75) is 33.1 Å². The van der Waals surface area contributed by atoms with Gasteiger partial charge in [-0.1, -0.05) is 13.3 Å². The number of hydrogen-bond acceptors (Lipinski definition) is 4. The third kappa shape index (κ3) is 9.53. The average molecular weight is 288 g/mol. The number of carbonyl (C=O) groups excluding carboxylic acids is 3. The molecule has 0 aromatic rings. The van der Waals surface area contributed by atoms with Gasteiger partial charge in [-0.3, -0.25) is 14.4 Å². The van der Waals surface area contributed by atoms with Gasteiger partial charge in [0.25, 0.3) is 0 Å². The van der Waals surface area contributed by atoms with Gasteiger partial charge in [-0.15, -0.1) is 0 Å². The molecule has 5 nitrogen and oxygen atoms in total. The molecule has 0 heterocycles. The Kier molecular flexibility index (Phi) is 10.2. The van der Waals surface area contributed by atoms with Crippen molar-refractivity contribution in [2.75, 3.05) is 25.1 Å². The van der Waals surface area contributed by atoms with Crippen molar-refractivity contribution in [1.29, 1.82) is 0 Å². The minimum absolute atomic E-state index is 0.00243. The van der Waals surface area contributed by atoms with Crippen LogP contribution in [0, 0.1) is 5.92 Å². The Morgan fingerprint density at radius 2 is 1.95 bits per heavy atom. The maximum Gasteiger partial charge on any atom is 0.224 e. The molecule has 0 saturated carbocycles. The number of carbonyl (C=O) groups is 3. The number of rotatable bonds is 10. The molecule has 0 aliphatic heterocycles. The molecule has 0 spiro atoms. The Morgan fingerprint density at radius 3 is 2.47 bits per heavy atom. The Labute approximate surface area is 119 Å². The van der Waals surface area contributed by atoms with Gasteiger partial charge in [0.05, 0.1) is 12.5 Å². The predicted molar refractivity (Wildman–Crippen MR) is 78.1 cm³/mol. The quantitative estimate of drug-likeness (QED) is 0.588. The van der Waals surface area contributed by atoms with Crippen LogP contribution in [0.1, 0.15) is 33.1 Å². The van der Waals surface area contributed by atoms with Crippen LogP contribution in [0.2, 0.25) is 0 Å². The van der Waals surface area contributed by atoms with Gasteiger partial charge in [0.1, 0.15) is 0 Å². The summed E-state index contributed by atoms with van der Waals surface area (Å²) < 4.78 is 0. The van der Waals surface area contributed by atoms with Gasteiger partial charge >= 0.3 is 0 Å². The summed E-state index contributed by atoms with van der Waals surface area (Å²) in [6, 6.07) is 0. The second-order valence-electron chi connectivity index (χ2n) is 4.39. The highest BCUT2D eigenvalue weighted by molar-refractivity contribution is 7.99. The summed E-state index contributed by atoms with van der Waals surface area (Å²) in [5.41, 5.74) is 0. The maximum atomic E-state index is 11.7. The fourth-order valence-corrected chi connectivity index (χ4v) is 2.69. The van der Waals surface area contributed by atoms with E-state index in [9.17, 15) is 14.4 Å². The van der Waals surface area contributed by atoms with E-state index in [4.69, 9.17) is 0 Å². The lowest BCUT2D eigenvalue weighted by molar-refractivity contribution is -0.128. The van der Waals surface area contributed by atoms with E-state index in [1.807, 2.05) is 0 Å². The molecule has 0 rings (SSSR count). The van der Waals surface area contributed by atoms with Gasteiger partial charge < -0.3 is 10.6 Å². The van der Waals surface area contributed by atoms with E-state index in [0.29, 0.717) is 5.75 Å². The van der Waals surface area contributed by atoms with Crippen molar-refractivity contribution in [2.24, 2.45) is 5.92 Å². The van der Waals surface area contributed by atoms with Crippen molar-refractivity contribution in [3.63, 3.8) is 0 Å². The number of Topliss-reactive ketones (excluding diaryl/α,β-unsaturated/α-hetero) is 1. The zero-order chi connectivity index (χ0) is 14.7. The molecule has 0 aromatic heterocycles. The highest BCUT2D eigenvalue weighted by Crippen LogP contribution is 2.14. The van der Waals surface area contributed by atoms with Crippen LogP contribution in [0.15, 0.2) is 0 Å². The van der Waals surface area contributed by atoms with E-state index in [1.165, 1.54) is 6.92 Å². The molecule has 2 amide bonds. The van der Waals surface area contributed by atoms with Crippen LogP contribution in [0.3, 0.4) is 0 Å². The topological polar surface area (TPSA) is 75.3 Å². The first-order valence-electron chi connectivity index (χ1n) is 6.56. The molecule has 1 atom stereocenters. The van der Waals surface area contributed by atoms with Crippen LogP contribution in [0.4, 0.5) is 0 Å². The van der Waals surface area contributed by atoms with Crippen molar-refractivity contribution < 1.29 is 14.4 Å². The predicted octanol–water partition coefficient (Wildman–Crippen LogP) is 0.977. The lowest BCUT2D eigenvalue weighted by atomic mass is 10.0. The van der Waals surface area contributed by atoms with Crippen LogP contribution < -0.4 is 10.6 Å². The first-order valence-corrected chi connectivity index (χ1v) is 7.72. The zero-order valence-corrected chi connectivity index (χ0v) is 12.8. The lowest BCUT2D eigenvalue weighted by Gasteiger charge is -2.14. The molecule has 19 heavy (non-hydrogen) atoms. The number of unbranched alkanes of at least 4 members (excludes halogenated alkanes) is 1. The molecule has 110 valence electrons. The third-order valence-corrected chi connectivity index (χ3v) is 3.80. The summed E-state index contributed by atoms with van der Waals surface area (Å²) in [4.78, 5) is 34.1. The van der Waals surface area contributed by atoms with Crippen molar-refractivity contribution in [1.82, 2.24) is 10.6 Å². The van der Waals surface area contributed by atoms with Crippen molar-refractivity contribution >= 4 is 29.4 Å². The maximum absolute atomic E-state index is 11.7. The molecule has 0 bridgehead atoms. The largest absolute Gasteiger partial charge is 0.359 e. The number of amides is 2. The molecule has 0 radical (unpaired) electrons. The smallest absolute Gasteiger partial charge is 0.224 e. The van der Waals surface area contributed by atoms with Gasteiger partial charge in [-0.25, -0.2) is 0 Å². The van der Waals surface area contributed by atoms with Crippen LogP contribution in [-0.2, 0) is 14.4 Å². The highest BCUT2D eigenvalue weighted by Gasteiger charge is 2.20. The molecule has 0 aromatic carbocycles. The normalized spacial score (nSPS) is 11.7. The fraction of sp³-hybridized carbons (Fsp3) is 0.769. The van der Waals surface area contributed by atoms with E-state index in [2.05, 4.69) is 17.6 Å². The number of hydrogen-bond donors (Lipinski definition) is 2. The standard InChI is InChI=1S/C13H24N2O3S/c1-4-5-6-19-9-11(13(18)14-3)7-12(17)8-15-10(2)16/h11H,4-9H2,1-3H3,(H,14,18)(H,15,16). The Hall–Kier alpha value is -1.04. The molecule has 0 fully saturated rings. The van der Waals surface area contributed by atoms with E-state index >= 15 is 0 Å². The third-order valence-electron chi connectivity index (χ3n) is 2.59. The van der Waals surface area contributed by atoms with Gasteiger partial charge in [-0.2, -0.15) is 11.8 Å². The van der Waals surface area contributed by atoms with Gasteiger partial charge in [0.15, 0.2) is 5.78 Å². The summed E-state index contributed by atoms with van der Waals surface area (Å²) in [5, 5.41) is 5.04. The Morgan fingerprint density at radius 1 is 1.26 bits per heavy atom. The SMILES string of the molecule is CCCCSCC(CC(=O)CNC(C)=O)C(=O)NC. The summed E-state index contributed by atoms with van der Waals surface area (Å²) in [6.45, 7) is 3.49. The second kappa shape index (κ2) is 10.8. The van der Waals surface area contributed by atoms with Crippen LogP contribution in [0.25, 0.3) is 0 Å². The summed E-state index contributed by atoms with van der Waals surface area (Å²) in [7, 11) is 1.57. The monoisotopic (exact) mass is 288 g/mol. The summed E-state index contributed by atoms with van der Waals surface area (Å²) >= 11 is 1.70. The van der Waals surface area contributed by atoms with Gasteiger partial charge in [0.2, 0.25) is 11.8 Å². The summed E-state index contributed by atoms with van der Waals surface area (Å²) in [5.74, 6) is 0.880. The molecule has 0 aliphatic rings.